The molecule has 1 aliphatic carbocycles. The summed E-state index contributed by atoms with van der Waals surface area (Å²) >= 11 is 3.69. The molecule has 0 aliphatic heterocycles. The molecule has 3 nitrogen and oxygen atoms in total. The molecule has 5 heteroatoms. The van der Waals surface area contributed by atoms with Crippen LogP contribution < -0.4 is 0 Å². The molecule has 2 aromatic carbocycles. The number of nitrogens with zero attached hydrogens (tertiary/aromatic N) is 1. The molecule has 1 fully saturated rings. The molecule has 1 atom stereocenters. The number of carbonyl (C=O) groups excluding carboxylic acids is 1. The number of esters is 1. The minimum Gasteiger partial charge on any atom is -0.463 e. The SMILES string of the molecule is CC(C)OC(=O)Cc1ccc(-c2cnc(C3CCCCC3)s2)c(SC(C)c2ccccc2)c1. The first-order chi connectivity index (χ1) is 16.0. The highest BCUT2D eigenvalue weighted by molar-refractivity contribution is 7.99. The normalized spacial score (nSPS) is 15.5. The Morgan fingerprint density at radius 1 is 1.09 bits per heavy atom. The molecule has 0 amide bonds. The van der Waals surface area contributed by atoms with E-state index in [9.17, 15) is 4.79 Å². The quantitative estimate of drug-likeness (QED) is 0.241. The van der Waals surface area contributed by atoms with Gasteiger partial charge in [0, 0.05) is 27.8 Å². The smallest absolute Gasteiger partial charge is 0.310 e. The summed E-state index contributed by atoms with van der Waals surface area (Å²) < 4.78 is 5.38. The monoisotopic (exact) mass is 479 g/mol. The summed E-state index contributed by atoms with van der Waals surface area (Å²) in [6.07, 6.45) is 8.75. The van der Waals surface area contributed by atoms with E-state index in [1.165, 1.54) is 58.0 Å². The number of carbonyl (C=O) groups is 1. The molecule has 0 saturated heterocycles. The van der Waals surface area contributed by atoms with Gasteiger partial charge < -0.3 is 4.74 Å². The predicted molar refractivity (Wildman–Crippen MR) is 139 cm³/mol. The summed E-state index contributed by atoms with van der Waals surface area (Å²) in [5, 5.41) is 1.58. The van der Waals surface area contributed by atoms with Crippen LogP contribution >= 0.6 is 23.1 Å². The van der Waals surface area contributed by atoms with Gasteiger partial charge in [0.15, 0.2) is 0 Å². The molecule has 1 saturated carbocycles. The Morgan fingerprint density at radius 2 is 1.85 bits per heavy atom. The van der Waals surface area contributed by atoms with Crippen LogP contribution in [0, 0.1) is 0 Å². The van der Waals surface area contributed by atoms with Gasteiger partial charge in [0.25, 0.3) is 0 Å². The largest absolute Gasteiger partial charge is 0.463 e. The zero-order chi connectivity index (χ0) is 23.2. The Bertz CT molecular complexity index is 1050. The Kier molecular flexibility index (Phi) is 8.26. The van der Waals surface area contributed by atoms with E-state index in [4.69, 9.17) is 9.72 Å². The van der Waals surface area contributed by atoms with Gasteiger partial charge in [-0.15, -0.1) is 23.1 Å². The fourth-order valence-electron chi connectivity index (χ4n) is 4.38. The van der Waals surface area contributed by atoms with Gasteiger partial charge in [-0.3, -0.25) is 4.79 Å². The highest BCUT2D eigenvalue weighted by Gasteiger charge is 2.21. The number of thioether (sulfide) groups is 1. The van der Waals surface area contributed by atoms with Gasteiger partial charge in [-0.2, -0.15) is 0 Å². The third-order valence-electron chi connectivity index (χ3n) is 6.08. The summed E-state index contributed by atoms with van der Waals surface area (Å²) in [4.78, 5) is 19.5. The molecular formula is C28H33NO2S2. The van der Waals surface area contributed by atoms with E-state index in [1.807, 2.05) is 43.1 Å². The molecule has 1 aliphatic rings. The number of hydrogen-bond donors (Lipinski definition) is 0. The van der Waals surface area contributed by atoms with Crippen molar-refractivity contribution in [2.75, 3.05) is 0 Å². The second-order valence-corrected chi connectivity index (χ2v) is 11.6. The zero-order valence-electron chi connectivity index (χ0n) is 19.8. The molecule has 1 heterocycles. The number of aromatic nitrogens is 1. The van der Waals surface area contributed by atoms with Crippen LogP contribution in [-0.4, -0.2) is 17.1 Å². The van der Waals surface area contributed by atoms with Gasteiger partial charge in [0.05, 0.1) is 22.4 Å². The maximum atomic E-state index is 12.3. The predicted octanol–water partition coefficient (Wildman–Crippen LogP) is 8.21. The lowest BCUT2D eigenvalue weighted by Crippen LogP contribution is -2.13. The number of thiazole rings is 1. The van der Waals surface area contributed by atoms with Crippen molar-refractivity contribution in [1.29, 1.82) is 0 Å². The van der Waals surface area contributed by atoms with Crippen LogP contribution in [0.4, 0.5) is 0 Å². The average molecular weight is 480 g/mol. The van der Waals surface area contributed by atoms with Crippen molar-refractivity contribution in [2.45, 2.75) is 81.5 Å². The van der Waals surface area contributed by atoms with Crippen LogP contribution in [0.2, 0.25) is 0 Å². The van der Waals surface area contributed by atoms with Crippen molar-refractivity contribution in [2.24, 2.45) is 0 Å². The fraction of sp³-hybridized carbons (Fsp3) is 0.429. The first kappa shape index (κ1) is 24.0. The zero-order valence-corrected chi connectivity index (χ0v) is 21.4. The number of benzene rings is 2. The standard InChI is InChI=1S/C28H33NO2S2/c1-19(2)31-27(30)17-21-14-15-24(25(16-21)32-20(3)22-10-6-4-7-11-22)26-18-29-28(33-26)23-12-8-5-9-13-23/h4,6-7,10-11,14-16,18-20,23H,5,8-9,12-13,17H2,1-3H3. The third kappa shape index (κ3) is 6.48. The summed E-state index contributed by atoms with van der Waals surface area (Å²) in [7, 11) is 0. The van der Waals surface area contributed by atoms with Crippen molar-refractivity contribution in [3.05, 3.63) is 70.9 Å². The van der Waals surface area contributed by atoms with E-state index >= 15 is 0 Å². The highest BCUT2D eigenvalue weighted by Crippen LogP contribution is 2.44. The Labute approximate surface area is 206 Å². The first-order valence-electron chi connectivity index (χ1n) is 12.0. The molecular weight excluding hydrogens is 446 g/mol. The molecule has 0 N–H and O–H groups in total. The van der Waals surface area contributed by atoms with Crippen molar-refractivity contribution in [1.82, 2.24) is 4.98 Å². The molecule has 3 aromatic rings. The van der Waals surface area contributed by atoms with Crippen LogP contribution in [0.5, 0.6) is 0 Å². The maximum Gasteiger partial charge on any atom is 0.310 e. The Hall–Kier alpha value is -2.11. The topological polar surface area (TPSA) is 39.2 Å². The van der Waals surface area contributed by atoms with E-state index in [-0.39, 0.29) is 12.1 Å². The first-order valence-corrected chi connectivity index (χ1v) is 13.7. The second-order valence-electron chi connectivity index (χ2n) is 9.11. The molecule has 4 rings (SSSR count). The number of ether oxygens (including phenoxy) is 1. The number of rotatable bonds is 8. The lowest BCUT2D eigenvalue weighted by atomic mass is 9.90. The van der Waals surface area contributed by atoms with Crippen LogP contribution in [0.15, 0.2) is 59.6 Å². The van der Waals surface area contributed by atoms with E-state index in [0.29, 0.717) is 17.6 Å². The van der Waals surface area contributed by atoms with Gasteiger partial charge >= 0.3 is 5.97 Å². The van der Waals surface area contributed by atoms with Crippen LogP contribution in [-0.2, 0) is 16.0 Å². The van der Waals surface area contributed by atoms with Crippen LogP contribution in [0.1, 0.15) is 80.2 Å². The van der Waals surface area contributed by atoms with Gasteiger partial charge in [-0.25, -0.2) is 4.98 Å². The number of hydrogen-bond acceptors (Lipinski definition) is 5. The molecule has 33 heavy (non-hydrogen) atoms. The molecule has 0 bridgehead atoms. The lowest BCUT2D eigenvalue weighted by molar-refractivity contribution is -0.146. The van der Waals surface area contributed by atoms with E-state index in [2.05, 4.69) is 55.5 Å². The summed E-state index contributed by atoms with van der Waals surface area (Å²) in [5.41, 5.74) is 3.50. The van der Waals surface area contributed by atoms with Gasteiger partial charge in [-0.05, 0) is 50.8 Å². The van der Waals surface area contributed by atoms with Gasteiger partial charge in [0.2, 0.25) is 0 Å². The molecule has 1 aromatic heterocycles. The highest BCUT2D eigenvalue weighted by atomic mass is 32.2. The maximum absolute atomic E-state index is 12.3. The second kappa shape index (κ2) is 11.3. The fourth-order valence-corrected chi connectivity index (χ4v) is 6.77. The summed E-state index contributed by atoms with van der Waals surface area (Å²) in [5.74, 6) is 0.434. The average Bonchev–Trinajstić information content (AvgIpc) is 3.30. The Balaban J connectivity index is 1.62. The van der Waals surface area contributed by atoms with Crippen molar-refractivity contribution in [3.8, 4) is 10.4 Å². The molecule has 0 radical (unpaired) electrons. The van der Waals surface area contributed by atoms with Crippen LogP contribution in [0.3, 0.4) is 0 Å². The van der Waals surface area contributed by atoms with Crippen LogP contribution in [0.25, 0.3) is 10.4 Å². The minimum absolute atomic E-state index is 0.0980. The van der Waals surface area contributed by atoms with Gasteiger partial charge in [0.1, 0.15) is 0 Å². The van der Waals surface area contributed by atoms with Crippen molar-refractivity contribution >= 4 is 29.1 Å². The lowest BCUT2D eigenvalue weighted by Gasteiger charge is -2.19. The minimum atomic E-state index is -0.179. The third-order valence-corrected chi connectivity index (χ3v) is 8.49. The molecule has 174 valence electrons. The van der Waals surface area contributed by atoms with Gasteiger partial charge in [-0.1, -0.05) is 61.7 Å². The summed E-state index contributed by atoms with van der Waals surface area (Å²) in [6.45, 7) is 6.01. The summed E-state index contributed by atoms with van der Waals surface area (Å²) in [6, 6.07) is 17.0. The van der Waals surface area contributed by atoms with E-state index in [0.717, 1.165) is 5.56 Å². The van der Waals surface area contributed by atoms with E-state index in [1.54, 1.807) is 0 Å². The van der Waals surface area contributed by atoms with E-state index < -0.39 is 0 Å². The molecule has 0 spiro atoms. The molecule has 1 unspecified atom stereocenters. The Morgan fingerprint density at radius 3 is 2.58 bits per heavy atom. The van der Waals surface area contributed by atoms with Crippen molar-refractivity contribution in [3.63, 3.8) is 0 Å². The van der Waals surface area contributed by atoms with Crippen molar-refractivity contribution < 1.29 is 9.53 Å².